The summed E-state index contributed by atoms with van der Waals surface area (Å²) in [5.41, 5.74) is 3.37. The minimum Gasteiger partial charge on any atom is -0.507 e. The van der Waals surface area contributed by atoms with Gasteiger partial charge in [0.1, 0.15) is 17.6 Å². The number of phenols is 1. The summed E-state index contributed by atoms with van der Waals surface area (Å²) in [7, 11) is 1.56. The molecule has 32 heavy (non-hydrogen) atoms. The van der Waals surface area contributed by atoms with Gasteiger partial charge in [-0.25, -0.2) is 14.4 Å². The van der Waals surface area contributed by atoms with E-state index in [0.717, 1.165) is 23.1 Å². The van der Waals surface area contributed by atoms with Crippen LogP contribution in [0.1, 0.15) is 25.6 Å². The highest BCUT2D eigenvalue weighted by atomic mass is 19.1. The van der Waals surface area contributed by atoms with Gasteiger partial charge in [0.25, 0.3) is 0 Å². The minimum atomic E-state index is -1.03. The number of methoxy groups -OCH3 is 1. The molecule has 2 aliphatic heterocycles. The molecule has 5 rings (SSSR count). The van der Waals surface area contributed by atoms with Gasteiger partial charge in [-0.1, -0.05) is 13.0 Å². The number of ether oxygens (including phenoxy) is 1. The fourth-order valence-corrected chi connectivity index (χ4v) is 4.57. The average molecular weight is 433 g/mol. The Morgan fingerprint density at radius 3 is 2.72 bits per heavy atom. The molecule has 2 aliphatic rings. The van der Waals surface area contributed by atoms with Gasteiger partial charge in [-0.2, -0.15) is 0 Å². The van der Waals surface area contributed by atoms with Crippen LogP contribution in [0.4, 0.5) is 4.39 Å². The molecule has 0 saturated carbocycles. The van der Waals surface area contributed by atoms with E-state index in [0.29, 0.717) is 41.3 Å². The third-order valence-corrected chi connectivity index (χ3v) is 6.35. The number of aromatic hydroxyl groups is 1. The third-order valence-electron chi connectivity index (χ3n) is 6.35. The number of benzene rings is 1. The first-order valence-corrected chi connectivity index (χ1v) is 10.7. The molecule has 164 valence electrons. The molecule has 2 aromatic heterocycles. The van der Waals surface area contributed by atoms with Crippen LogP contribution in [-0.2, 0) is 0 Å². The van der Waals surface area contributed by atoms with Crippen molar-refractivity contribution in [1.29, 1.82) is 0 Å². The Bertz CT molecular complexity index is 1170. The van der Waals surface area contributed by atoms with Crippen LogP contribution >= 0.6 is 0 Å². The first kappa shape index (κ1) is 20.5. The van der Waals surface area contributed by atoms with Crippen LogP contribution < -0.4 is 10.1 Å². The summed E-state index contributed by atoms with van der Waals surface area (Å²) in [4.78, 5) is 8.44. The number of nitrogens with one attached hydrogen (secondary N) is 1. The van der Waals surface area contributed by atoms with Crippen molar-refractivity contribution in [3.63, 3.8) is 0 Å². The second-order valence-electron chi connectivity index (χ2n) is 8.44. The van der Waals surface area contributed by atoms with Crippen molar-refractivity contribution in [3.05, 3.63) is 54.1 Å². The van der Waals surface area contributed by atoms with Crippen LogP contribution in [0.5, 0.6) is 11.6 Å². The zero-order valence-corrected chi connectivity index (χ0v) is 17.9. The summed E-state index contributed by atoms with van der Waals surface area (Å²) in [6, 6.07) is 9.11. The number of hydrogen-bond acceptors (Lipinski definition) is 7. The van der Waals surface area contributed by atoms with E-state index in [1.165, 1.54) is 0 Å². The topological polar surface area (TPSA) is 93.0 Å². The number of piperidine rings is 1. The normalized spacial score (nSPS) is 25.8. The van der Waals surface area contributed by atoms with Crippen LogP contribution in [0.25, 0.3) is 28.5 Å². The van der Waals surface area contributed by atoms with Gasteiger partial charge >= 0.3 is 0 Å². The van der Waals surface area contributed by atoms with Crippen molar-refractivity contribution < 1.29 is 14.2 Å². The van der Waals surface area contributed by atoms with E-state index in [1.54, 1.807) is 43.8 Å². The Balaban J connectivity index is 1.37. The van der Waals surface area contributed by atoms with Crippen LogP contribution in [0.2, 0.25) is 0 Å². The number of pyridine rings is 1. The molecule has 0 radical (unpaired) electrons. The molecule has 8 heteroatoms. The Morgan fingerprint density at radius 2 is 1.97 bits per heavy atom. The van der Waals surface area contributed by atoms with E-state index in [2.05, 4.69) is 32.4 Å². The van der Waals surface area contributed by atoms with Gasteiger partial charge < -0.3 is 15.2 Å². The summed E-state index contributed by atoms with van der Waals surface area (Å²) in [5.74, 6) is 1.40. The molecular weight excluding hydrogens is 409 g/mol. The second-order valence-corrected chi connectivity index (χ2v) is 8.44. The predicted molar refractivity (Wildman–Crippen MR) is 119 cm³/mol. The van der Waals surface area contributed by atoms with Crippen molar-refractivity contribution >= 4 is 6.08 Å². The highest BCUT2D eigenvalue weighted by molar-refractivity contribution is 5.74. The van der Waals surface area contributed by atoms with Crippen LogP contribution in [0, 0.1) is 5.92 Å². The smallest absolute Gasteiger partial charge is 0.213 e. The fraction of sp³-hybridized carbons (Fsp3) is 0.333. The summed E-state index contributed by atoms with van der Waals surface area (Å²) >= 11 is 0. The lowest BCUT2D eigenvalue weighted by molar-refractivity contribution is 0.269. The summed E-state index contributed by atoms with van der Waals surface area (Å²) < 4.78 is 19.9. The number of halogens is 1. The van der Waals surface area contributed by atoms with Gasteiger partial charge in [0.2, 0.25) is 5.88 Å². The number of aromatic nitrogens is 4. The number of phenolic OH excluding ortho intramolecular Hbond substituents is 1. The summed E-state index contributed by atoms with van der Waals surface area (Å²) in [6.07, 6.45) is 5.39. The molecule has 4 atom stereocenters. The Labute approximate surface area is 185 Å². The highest BCUT2D eigenvalue weighted by Crippen LogP contribution is 2.37. The third kappa shape index (κ3) is 3.82. The van der Waals surface area contributed by atoms with Gasteiger partial charge in [-0.05, 0) is 59.7 Å². The molecule has 3 unspecified atom stereocenters. The van der Waals surface area contributed by atoms with E-state index < -0.39 is 6.17 Å². The van der Waals surface area contributed by atoms with E-state index in [1.807, 2.05) is 12.1 Å². The maximum atomic E-state index is 14.8. The molecule has 2 fully saturated rings. The van der Waals surface area contributed by atoms with Gasteiger partial charge in [0.05, 0.1) is 13.3 Å². The molecule has 0 spiro atoms. The fourth-order valence-electron chi connectivity index (χ4n) is 4.57. The number of alkyl halides is 1. The summed E-state index contributed by atoms with van der Waals surface area (Å²) in [6.45, 7) is 2.16. The lowest BCUT2D eigenvalue weighted by Gasteiger charge is -2.28. The van der Waals surface area contributed by atoms with Crippen molar-refractivity contribution in [2.75, 3.05) is 7.11 Å². The SMILES string of the molecule is COc1cc(-c2ccc(-c3cnc(/C=C4\CC5NC(CC5C)[C@@H]4F)nn3)c(O)c2)ccn1. The Kier molecular flexibility index (Phi) is 5.30. The summed E-state index contributed by atoms with van der Waals surface area (Å²) in [5, 5.41) is 22.3. The average Bonchev–Trinajstić information content (AvgIpc) is 3.13. The number of fused-ring (bicyclic) bond motifs is 2. The molecule has 2 bridgehead atoms. The molecule has 2 N–H and O–H groups in total. The van der Waals surface area contributed by atoms with Gasteiger partial charge in [0, 0.05) is 29.9 Å². The van der Waals surface area contributed by atoms with E-state index in [4.69, 9.17) is 4.74 Å². The zero-order chi connectivity index (χ0) is 22.2. The van der Waals surface area contributed by atoms with Gasteiger partial charge in [-0.15, -0.1) is 10.2 Å². The van der Waals surface area contributed by atoms with Crippen molar-refractivity contribution in [2.24, 2.45) is 5.92 Å². The zero-order valence-electron chi connectivity index (χ0n) is 17.9. The number of hydrogen-bond donors (Lipinski definition) is 2. The molecule has 1 aromatic carbocycles. The molecule has 2 saturated heterocycles. The van der Waals surface area contributed by atoms with Gasteiger partial charge in [0.15, 0.2) is 5.82 Å². The number of rotatable bonds is 4. The van der Waals surface area contributed by atoms with Crippen LogP contribution in [-0.4, -0.2) is 50.6 Å². The Morgan fingerprint density at radius 1 is 1.12 bits per heavy atom. The Hall–Kier alpha value is -3.39. The van der Waals surface area contributed by atoms with Crippen LogP contribution in [0.3, 0.4) is 0 Å². The second kappa shape index (κ2) is 8.27. The first-order chi connectivity index (χ1) is 15.5. The molecule has 0 aliphatic carbocycles. The number of nitrogens with zero attached hydrogens (tertiary/aromatic N) is 4. The molecule has 7 nitrogen and oxygen atoms in total. The standard InChI is InChI=1S/C24H24FN5O2/c1-13-7-19-24(25)16(8-18(13)28-19)10-22-27-12-20(29-30-22)17-4-3-14(9-21(17)31)15-5-6-26-23(11-15)32-2/h3-6,9-13,18-19,24,28,31H,7-8H2,1-2H3/b16-10+/t13?,18?,19?,24-/m1/s1. The van der Waals surface area contributed by atoms with E-state index in [9.17, 15) is 9.50 Å². The maximum Gasteiger partial charge on any atom is 0.213 e. The predicted octanol–water partition coefficient (Wildman–Crippen LogP) is 3.81. The highest BCUT2D eigenvalue weighted by Gasteiger charge is 2.42. The lowest BCUT2D eigenvalue weighted by Crippen LogP contribution is -2.43. The maximum absolute atomic E-state index is 14.8. The van der Waals surface area contributed by atoms with Crippen LogP contribution in [0.15, 0.2) is 48.3 Å². The first-order valence-electron chi connectivity index (χ1n) is 10.7. The molecule has 0 amide bonds. The quantitative estimate of drug-likeness (QED) is 0.646. The van der Waals surface area contributed by atoms with Crippen molar-refractivity contribution in [1.82, 2.24) is 25.5 Å². The van der Waals surface area contributed by atoms with Crippen molar-refractivity contribution in [3.8, 4) is 34.0 Å². The largest absolute Gasteiger partial charge is 0.507 e. The monoisotopic (exact) mass is 433 g/mol. The minimum absolute atomic E-state index is 0.0632. The van der Waals surface area contributed by atoms with Crippen molar-refractivity contribution in [2.45, 2.75) is 38.0 Å². The molecular formula is C24H24FN5O2. The van der Waals surface area contributed by atoms with Gasteiger partial charge in [-0.3, -0.25) is 0 Å². The lowest BCUT2D eigenvalue weighted by atomic mass is 9.95. The van der Waals surface area contributed by atoms with E-state index in [-0.39, 0.29) is 11.8 Å². The van der Waals surface area contributed by atoms with E-state index >= 15 is 0 Å². The molecule has 4 heterocycles. The molecule has 3 aromatic rings.